The van der Waals surface area contributed by atoms with Crippen molar-refractivity contribution >= 4 is 10.0 Å². The molecule has 1 unspecified atom stereocenters. The lowest BCUT2D eigenvalue weighted by atomic mass is 10.1. The van der Waals surface area contributed by atoms with Crippen LogP contribution in [-0.4, -0.2) is 42.1 Å². The summed E-state index contributed by atoms with van der Waals surface area (Å²) in [6, 6.07) is 6.23. The third-order valence-corrected chi connectivity index (χ3v) is 5.61. The van der Waals surface area contributed by atoms with Gasteiger partial charge in [-0.1, -0.05) is 6.07 Å². The van der Waals surface area contributed by atoms with Gasteiger partial charge >= 0.3 is 0 Å². The van der Waals surface area contributed by atoms with E-state index in [4.69, 9.17) is 4.74 Å². The molecule has 2 heterocycles. The van der Waals surface area contributed by atoms with Crippen LogP contribution in [0.3, 0.4) is 0 Å². The normalized spacial score (nSPS) is 19.2. The van der Waals surface area contributed by atoms with Crippen LogP contribution in [0.25, 0.3) is 0 Å². The third kappa shape index (κ3) is 3.36. The molecular formula is C15H15F2N3O3S. The van der Waals surface area contributed by atoms with Crippen LogP contribution in [0, 0.1) is 11.6 Å². The van der Waals surface area contributed by atoms with Crippen molar-refractivity contribution in [3.63, 3.8) is 0 Å². The van der Waals surface area contributed by atoms with Crippen molar-refractivity contribution in [1.29, 1.82) is 0 Å². The lowest BCUT2D eigenvalue weighted by molar-refractivity contribution is 0.123. The number of ether oxygens (including phenoxy) is 1. The first-order chi connectivity index (χ1) is 11.5. The SMILES string of the molecule is O=S(=O)(c1c(F)cccc1F)N1CCCC(Oc2cccnn2)C1. The first-order valence-corrected chi connectivity index (χ1v) is 8.81. The van der Waals surface area contributed by atoms with E-state index in [0.717, 1.165) is 22.5 Å². The maximum absolute atomic E-state index is 13.8. The summed E-state index contributed by atoms with van der Waals surface area (Å²) in [6.45, 7) is 0.170. The molecule has 0 bridgehead atoms. The van der Waals surface area contributed by atoms with Crippen LogP contribution in [0.4, 0.5) is 8.78 Å². The quantitative estimate of drug-likeness (QED) is 0.839. The molecule has 1 aliphatic rings. The second-order valence-corrected chi connectivity index (χ2v) is 7.23. The average Bonchev–Trinajstić information content (AvgIpc) is 2.56. The van der Waals surface area contributed by atoms with E-state index in [1.807, 2.05) is 0 Å². The molecule has 24 heavy (non-hydrogen) atoms. The molecule has 9 heteroatoms. The lowest BCUT2D eigenvalue weighted by Gasteiger charge is -2.31. The summed E-state index contributed by atoms with van der Waals surface area (Å²) in [7, 11) is -4.28. The number of aromatic nitrogens is 2. The Bertz CT molecular complexity index is 798. The maximum Gasteiger partial charge on any atom is 0.249 e. The Balaban J connectivity index is 1.81. The molecule has 2 aromatic rings. The molecule has 0 saturated carbocycles. The molecule has 0 N–H and O–H groups in total. The van der Waals surface area contributed by atoms with E-state index >= 15 is 0 Å². The van der Waals surface area contributed by atoms with Gasteiger partial charge in [-0.2, -0.15) is 9.40 Å². The van der Waals surface area contributed by atoms with Gasteiger partial charge in [0.15, 0.2) is 4.90 Å². The fraction of sp³-hybridized carbons (Fsp3) is 0.333. The number of hydrogen-bond acceptors (Lipinski definition) is 5. The van der Waals surface area contributed by atoms with Gasteiger partial charge in [-0.3, -0.25) is 0 Å². The second kappa shape index (κ2) is 6.78. The number of hydrogen-bond donors (Lipinski definition) is 0. The number of rotatable bonds is 4. The summed E-state index contributed by atoms with van der Waals surface area (Å²) in [5.41, 5.74) is 0. The van der Waals surface area contributed by atoms with Crippen LogP contribution in [0.1, 0.15) is 12.8 Å². The van der Waals surface area contributed by atoms with Crippen molar-refractivity contribution in [2.24, 2.45) is 0 Å². The Kier molecular flexibility index (Phi) is 4.72. The van der Waals surface area contributed by atoms with Gasteiger partial charge in [0.2, 0.25) is 15.9 Å². The minimum absolute atomic E-state index is 0.00726. The van der Waals surface area contributed by atoms with E-state index in [1.165, 1.54) is 6.20 Å². The number of nitrogens with zero attached hydrogens (tertiary/aromatic N) is 3. The van der Waals surface area contributed by atoms with Crippen LogP contribution in [0.15, 0.2) is 41.4 Å². The summed E-state index contributed by atoms with van der Waals surface area (Å²) >= 11 is 0. The molecule has 0 spiro atoms. The maximum atomic E-state index is 13.8. The van der Waals surface area contributed by atoms with Crippen molar-refractivity contribution in [2.75, 3.05) is 13.1 Å². The van der Waals surface area contributed by atoms with Gasteiger partial charge in [-0.15, -0.1) is 5.10 Å². The zero-order valence-corrected chi connectivity index (χ0v) is 13.4. The van der Waals surface area contributed by atoms with E-state index in [1.54, 1.807) is 12.1 Å². The minimum atomic E-state index is -4.28. The Morgan fingerprint density at radius 1 is 1.17 bits per heavy atom. The standard InChI is InChI=1S/C15H15F2N3O3S/c16-12-5-1-6-13(17)15(12)24(21,22)20-9-3-4-11(10-20)23-14-7-2-8-18-19-14/h1-2,5-8,11H,3-4,9-10H2. The Morgan fingerprint density at radius 3 is 2.58 bits per heavy atom. The zero-order valence-electron chi connectivity index (χ0n) is 12.6. The highest BCUT2D eigenvalue weighted by Gasteiger charge is 2.35. The van der Waals surface area contributed by atoms with Gasteiger partial charge in [0.25, 0.3) is 0 Å². The highest BCUT2D eigenvalue weighted by molar-refractivity contribution is 7.89. The van der Waals surface area contributed by atoms with Gasteiger partial charge in [-0.05, 0) is 31.0 Å². The van der Waals surface area contributed by atoms with E-state index in [2.05, 4.69) is 10.2 Å². The van der Waals surface area contributed by atoms with E-state index in [0.29, 0.717) is 12.8 Å². The average molecular weight is 355 g/mol. The predicted molar refractivity (Wildman–Crippen MR) is 80.8 cm³/mol. The van der Waals surface area contributed by atoms with Gasteiger partial charge in [0.1, 0.15) is 17.7 Å². The molecule has 128 valence electrons. The van der Waals surface area contributed by atoms with Crippen LogP contribution in [-0.2, 0) is 10.0 Å². The summed E-state index contributed by atoms with van der Waals surface area (Å²) in [5, 5.41) is 7.47. The molecule has 0 amide bonds. The predicted octanol–water partition coefficient (Wildman–Crippen LogP) is 1.99. The highest BCUT2D eigenvalue weighted by Crippen LogP contribution is 2.26. The number of benzene rings is 1. The third-order valence-electron chi connectivity index (χ3n) is 3.69. The van der Waals surface area contributed by atoms with Crippen molar-refractivity contribution in [2.45, 2.75) is 23.8 Å². The zero-order chi connectivity index (χ0) is 17.2. The number of sulfonamides is 1. The molecule has 1 fully saturated rings. The van der Waals surface area contributed by atoms with Crippen LogP contribution in [0.5, 0.6) is 5.88 Å². The molecule has 1 atom stereocenters. The molecule has 1 aliphatic heterocycles. The molecule has 0 radical (unpaired) electrons. The Labute approximate surface area is 138 Å². The van der Waals surface area contributed by atoms with Gasteiger partial charge in [0.05, 0.1) is 6.54 Å². The van der Waals surface area contributed by atoms with Crippen molar-refractivity contribution < 1.29 is 21.9 Å². The molecular weight excluding hydrogens is 340 g/mol. The summed E-state index contributed by atoms with van der Waals surface area (Å²) in [6.07, 6.45) is 2.16. The molecule has 1 saturated heterocycles. The largest absolute Gasteiger partial charge is 0.472 e. The van der Waals surface area contributed by atoms with Crippen molar-refractivity contribution in [3.8, 4) is 5.88 Å². The number of piperidine rings is 1. The monoisotopic (exact) mass is 355 g/mol. The van der Waals surface area contributed by atoms with E-state index in [-0.39, 0.29) is 19.0 Å². The van der Waals surface area contributed by atoms with Crippen LogP contribution in [0.2, 0.25) is 0 Å². The summed E-state index contributed by atoms with van der Waals surface area (Å²) in [5.74, 6) is -1.93. The second-order valence-electron chi connectivity index (χ2n) is 5.36. The van der Waals surface area contributed by atoms with E-state index in [9.17, 15) is 17.2 Å². The van der Waals surface area contributed by atoms with Crippen molar-refractivity contribution in [1.82, 2.24) is 14.5 Å². The first-order valence-electron chi connectivity index (χ1n) is 7.37. The topological polar surface area (TPSA) is 72.4 Å². The molecule has 1 aromatic carbocycles. The highest BCUT2D eigenvalue weighted by atomic mass is 32.2. The molecule has 3 rings (SSSR count). The van der Waals surface area contributed by atoms with E-state index < -0.39 is 32.7 Å². The smallest absolute Gasteiger partial charge is 0.249 e. The summed E-state index contributed by atoms with van der Waals surface area (Å²) < 4.78 is 59.5. The van der Waals surface area contributed by atoms with Crippen molar-refractivity contribution in [3.05, 3.63) is 48.2 Å². The summed E-state index contributed by atoms with van der Waals surface area (Å²) in [4.78, 5) is -0.926. The molecule has 0 aliphatic carbocycles. The number of halogens is 2. The minimum Gasteiger partial charge on any atom is -0.472 e. The fourth-order valence-corrected chi connectivity index (χ4v) is 4.22. The molecule has 6 nitrogen and oxygen atoms in total. The van der Waals surface area contributed by atoms with Gasteiger partial charge in [0, 0.05) is 18.8 Å². The van der Waals surface area contributed by atoms with Crippen LogP contribution >= 0.6 is 0 Å². The first kappa shape index (κ1) is 16.7. The lowest BCUT2D eigenvalue weighted by Crippen LogP contribution is -2.44. The van der Waals surface area contributed by atoms with Gasteiger partial charge < -0.3 is 4.74 Å². The Hall–Kier alpha value is -2.13. The fourth-order valence-electron chi connectivity index (χ4n) is 2.60. The molecule has 1 aromatic heterocycles. The van der Waals surface area contributed by atoms with Gasteiger partial charge in [-0.25, -0.2) is 17.2 Å². The Morgan fingerprint density at radius 2 is 1.92 bits per heavy atom. The van der Waals surface area contributed by atoms with Crippen LogP contribution < -0.4 is 4.74 Å².